The van der Waals surface area contributed by atoms with Crippen LogP contribution in [0.5, 0.6) is 0 Å². The predicted octanol–water partition coefficient (Wildman–Crippen LogP) is 1.51. The summed E-state index contributed by atoms with van der Waals surface area (Å²) in [5.74, 6) is -1.29. The van der Waals surface area contributed by atoms with Crippen molar-refractivity contribution in [2.45, 2.75) is 18.9 Å². The summed E-state index contributed by atoms with van der Waals surface area (Å²) in [5.41, 5.74) is 5.38. The molecule has 3 N–H and O–H groups in total. The molecule has 2 rings (SSSR count). The molecule has 1 saturated heterocycles. The second-order valence-corrected chi connectivity index (χ2v) is 4.05. The summed E-state index contributed by atoms with van der Waals surface area (Å²) in [6.45, 7) is 0.915. The van der Waals surface area contributed by atoms with E-state index in [0.29, 0.717) is 25.9 Å². The second-order valence-electron chi connectivity index (χ2n) is 4.05. The van der Waals surface area contributed by atoms with E-state index >= 15 is 0 Å². The molecule has 5 heteroatoms. The van der Waals surface area contributed by atoms with E-state index in [4.69, 9.17) is 5.73 Å². The number of nitrogens with zero attached hydrogens (tertiary/aromatic N) is 1. The van der Waals surface area contributed by atoms with Gasteiger partial charge < -0.3 is 15.7 Å². The van der Waals surface area contributed by atoms with Crippen LogP contribution in [-0.2, 0) is 0 Å². The highest BCUT2D eigenvalue weighted by Crippen LogP contribution is 2.28. The molecule has 0 aliphatic carbocycles. The van der Waals surface area contributed by atoms with E-state index in [0.717, 1.165) is 12.1 Å². The van der Waals surface area contributed by atoms with E-state index in [1.54, 1.807) is 4.90 Å². The fourth-order valence-corrected chi connectivity index (χ4v) is 1.98. The SMILES string of the molecule is Nc1cc(F)c(N2CCC(O)CC2)c(F)c1. The maximum atomic E-state index is 13.6. The summed E-state index contributed by atoms with van der Waals surface area (Å²) >= 11 is 0. The molecule has 0 amide bonds. The second kappa shape index (κ2) is 4.25. The third-order valence-electron chi connectivity index (χ3n) is 2.82. The Morgan fingerprint density at radius 2 is 1.69 bits per heavy atom. The fourth-order valence-electron chi connectivity index (χ4n) is 1.98. The first kappa shape index (κ1) is 11.1. The van der Waals surface area contributed by atoms with Crippen molar-refractivity contribution in [3.05, 3.63) is 23.8 Å². The summed E-state index contributed by atoms with van der Waals surface area (Å²) < 4.78 is 27.1. The molecule has 1 heterocycles. The first-order valence-corrected chi connectivity index (χ1v) is 5.25. The number of rotatable bonds is 1. The molecule has 0 unspecified atom stereocenters. The monoisotopic (exact) mass is 228 g/mol. The van der Waals surface area contributed by atoms with Crippen LogP contribution in [0.25, 0.3) is 0 Å². The molecule has 88 valence electrons. The number of hydrogen-bond acceptors (Lipinski definition) is 3. The van der Waals surface area contributed by atoms with Gasteiger partial charge in [-0.2, -0.15) is 0 Å². The molecule has 1 fully saturated rings. The number of aliphatic hydroxyl groups excluding tert-OH is 1. The highest BCUT2D eigenvalue weighted by molar-refractivity contribution is 5.56. The number of halogens is 2. The molecule has 3 nitrogen and oxygen atoms in total. The van der Waals surface area contributed by atoms with Crippen molar-refractivity contribution >= 4 is 11.4 Å². The highest BCUT2D eigenvalue weighted by Gasteiger charge is 2.22. The fraction of sp³-hybridized carbons (Fsp3) is 0.455. The number of benzene rings is 1. The van der Waals surface area contributed by atoms with Crippen LogP contribution in [0, 0.1) is 11.6 Å². The molecule has 0 atom stereocenters. The van der Waals surface area contributed by atoms with Crippen LogP contribution in [0.3, 0.4) is 0 Å². The van der Waals surface area contributed by atoms with Gasteiger partial charge in [0.15, 0.2) is 11.6 Å². The zero-order valence-electron chi connectivity index (χ0n) is 8.79. The van der Waals surface area contributed by atoms with Crippen molar-refractivity contribution < 1.29 is 13.9 Å². The van der Waals surface area contributed by atoms with E-state index in [1.165, 1.54) is 0 Å². The van der Waals surface area contributed by atoms with Gasteiger partial charge in [0, 0.05) is 18.8 Å². The van der Waals surface area contributed by atoms with Gasteiger partial charge >= 0.3 is 0 Å². The lowest BCUT2D eigenvalue weighted by Crippen LogP contribution is -2.36. The van der Waals surface area contributed by atoms with E-state index in [9.17, 15) is 13.9 Å². The van der Waals surface area contributed by atoms with Gasteiger partial charge in [0.1, 0.15) is 5.69 Å². The Morgan fingerprint density at radius 3 is 2.19 bits per heavy atom. The number of nitrogens with two attached hydrogens (primary N) is 1. The number of anilines is 2. The molecule has 0 radical (unpaired) electrons. The quantitative estimate of drug-likeness (QED) is 0.716. The third kappa shape index (κ3) is 2.09. The van der Waals surface area contributed by atoms with Gasteiger partial charge in [0.2, 0.25) is 0 Å². The lowest BCUT2D eigenvalue weighted by Gasteiger charge is -2.31. The van der Waals surface area contributed by atoms with E-state index in [2.05, 4.69) is 0 Å². The summed E-state index contributed by atoms with van der Waals surface area (Å²) in [6, 6.07) is 2.23. The van der Waals surface area contributed by atoms with Crippen molar-refractivity contribution in [1.29, 1.82) is 0 Å². The lowest BCUT2D eigenvalue weighted by atomic mass is 10.1. The zero-order valence-corrected chi connectivity index (χ0v) is 8.79. The molecule has 1 aliphatic rings. The van der Waals surface area contributed by atoms with Crippen molar-refractivity contribution in [3.8, 4) is 0 Å². The summed E-state index contributed by atoms with van der Waals surface area (Å²) in [7, 11) is 0. The van der Waals surface area contributed by atoms with Crippen molar-refractivity contribution in [2.75, 3.05) is 23.7 Å². The van der Waals surface area contributed by atoms with E-state index in [-0.39, 0.29) is 17.5 Å². The van der Waals surface area contributed by atoms with Gasteiger partial charge in [-0.3, -0.25) is 0 Å². The Balaban J connectivity index is 2.26. The van der Waals surface area contributed by atoms with Crippen molar-refractivity contribution in [2.24, 2.45) is 0 Å². The van der Waals surface area contributed by atoms with Gasteiger partial charge in [-0.25, -0.2) is 8.78 Å². The number of hydrogen-bond donors (Lipinski definition) is 2. The molecule has 0 spiro atoms. The Hall–Kier alpha value is -1.36. The Kier molecular flexibility index (Phi) is 2.96. The average Bonchev–Trinajstić information content (AvgIpc) is 2.19. The maximum absolute atomic E-state index is 13.6. The molecule has 0 aromatic heterocycles. The van der Waals surface area contributed by atoms with Crippen LogP contribution >= 0.6 is 0 Å². The van der Waals surface area contributed by atoms with Crippen LogP contribution in [0.15, 0.2) is 12.1 Å². The maximum Gasteiger partial charge on any atom is 0.151 e. The molecule has 16 heavy (non-hydrogen) atoms. The lowest BCUT2D eigenvalue weighted by molar-refractivity contribution is 0.145. The van der Waals surface area contributed by atoms with E-state index in [1.807, 2.05) is 0 Å². The Bertz CT molecular complexity index is 367. The normalized spacial score (nSPS) is 17.8. The van der Waals surface area contributed by atoms with Crippen LogP contribution < -0.4 is 10.6 Å². The molecule has 0 saturated carbocycles. The number of piperidine rings is 1. The van der Waals surface area contributed by atoms with Gasteiger partial charge in [-0.05, 0) is 25.0 Å². The van der Waals surface area contributed by atoms with Gasteiger partial charge in [0.25, 0.3) is 0 Å². The smallest absolute Gasteiger partial charge is 0.151 e. The van der Waals surface area contributed by atoms with Gasteiger partial charge in [-0.1, -0.05) is 0 Å². The number of aliphatic hydroxyl groups is 1. The van der Waals surface area contributed by atoms with Gasteiger partial charge in [-0.15, -0.1) is 0 Å². The minimum Gasteiger partial charge on any atom is -0.399 e. The highest BCUT2D eigenvalue weighted by atomic mass is 19.1. The third-order valence-corrected chi connectivity index (χ3v) is 2.82. The first-order chi connectivity index (χ1) is 7.58. The summed E-state index contributed by atoms with van der Waals surface area (Å²) in [4.78, 5) is 1.61. The van der Waals surface area contributed by atoms with Crippen LogP contribution in [0.1, 0.15) is 12.8 Å². The molecule has 1 aromatic carbocycles. The minimum absolute atomic E-state index is 0.0406. The van der Waals surface area contributed by atoms with E-state index < -0.39 is 11.6 Å². The predicted molar refractivity (Wildman–Crippen MR) is 58.2 cm³/mol. The molecular formula is C11H14F2N2O. The molecule has 1 aliphatic heterocycles. The summed E-state index contributed by atoms with van der Waals surface area (Å²) in [5, 5.41) is 9.32. The first-order valence-electron chi connectivity index (χ1n) is 5.25. The summed E-state index contributed by atoms with van der Waals surface area (Å²) in [6.07, 6.45) is 0.697. The van der Waals surface area contributed by atoms with Gasteiger partial charge in [0.05, 0.1) is 6.10 Å². The zero-order chi connectivity index (χ0) is 11.7. The van der Waals surface area contributed by atoms with Crippen LogP contribution in [0.4, 0.5) is 20.2 Å². The Morgan fingerprint density at radius 1 is 1.19 bits per heavy atom. The Labute approximate surface area is 92.5 Å². The standard InChI is InChI=1S/C11H14F2N2O/c12-9-5-7(14)6-10(13)11(9)15-3-1-8(16)2-4-15/h5-6,8,16H,1-4,14H2. The minimum atomic E-state index is -0.645. The topological polar surface area (TPSA) is 49.5 Å². The molecule has 1 aromatic rings. The van der Waals surface area contributed by atoms with Crippen molar-refractivity contribution in [3.63, 3.8) is 0 Å². The van der Waals surface area contributed by atoms with Crippen LogP contribution in [-0.4, -0.2) is 24.3 Å². The average molecular weight is 228 g/mol. The van der Waals surface area contributed by atoms with Crippen molar-refractivity contribution in [1.82, 2.24) is 0 Å². The largest absolute Gasteiger partial charge is 0.399 e. The number of nitrogen functional groups attached to an aromatic ring is 1. The molecular weight excluding hydrogens is 214 g/mol. The van der Waals surface area contributed by atoms with Crippen LogP contribution in [0.2, 0.25) is 0 Å². The molecule has 0 bridgehead atoms.